The van der Waals surface area contributed by atoms with Gasteiger partial charge in [0.15, 0.2) is 0 Å². The summed E-state index contributed by atoms with van der Waals surface area (Å²) in [6.07, 6.45) is 8.63. The highest BCUT2D eigenvalue weighted by Gasteiger charge is 2.32. The zero-order chi connectivity index (χ0) is 17.2. The van der Waals surface area contributed by atoms with Gasteiger partial charge in [-0.05, 0) is 62.6 Å². The number of rotatable bonds is 6. The molecule has 4 rings (SSSR count). The van der Waals surface area contributed by atoms with Gasteiger partial charge in [0.25, 0.3) is 0 Å². The number of aromatic nitrogens is 2. The minimum Gasteiger partial charge on any atom is -0.330 e. The van der Waals surface area contributed by atoms with Crippen LogP contribution in [0.1, 0.15) is 78.7 Å². The molecule has 1 aromatic heterocycles. The molecular weight excluding hydrogens is 306 g/mol. The summed E-state index contributed by atoms with van der Waals surface area (Å²) in [5.41, 5.74) is 11.4. The standard InChI is InChI=1S/C22H29N3/c1-15-24-21(18(12-13-23)14-16-10-11-16)20-9-5-8-19(22(20)25-15)17-6-3-2-4-7-17/h2-4,6-7,16,18-19H,5,8-14,23H2,1H3. The van der Waals surface area contributed by atoms with E-state index in [1.807, 2.05) is 0 Å². The number of fused-ring (bicyclic) bond motifs is 1. The highest BCUT2D eigenvalue weighted by atomic mass is 14.9. The lowest BCUT2D eigenvalue weighted by Crippen LogP contribution is -2.21. The maximum absolute atomic E-state index is 5.95. The average Bonchev–Trinajstić information content (AvgIpc) is 3.45. The summed E-state index contributed by atoms with van der Waals surface area (Å²) in [5, 5.41) is 0. The second-order valence-corrected chi connectivity index (χ2v) is 7.83. The second kappa shape index (κ2) is 7.25. The molecule has 1 aromatic carbocycles. The summed E-state index contributed by atoms with van der Waals surface area (Å²) in [7, 11) is 0. The van der Waals surface area contributed by atoms with E-state index < -0.39 is 0 Å². The van der Waals surface area contributed by atoms with Gasteiger partial charge in [-0.1, -0.05) is 43.2 Å². The van der Waals surface area contributed by atoms with Crippen molar-refractivity contribution in [2.75, 3.05) is 6.54 Å². The molecule has 2 N–H and O–H groups in total. The van der Waals surface area contributed by atoms with E-state index in [1.54, 1.807) is 0 Å². The Morgan fingerprint density at radius 2 is 1.92 bits per heavy atom. The summed E-state index contributed by atoms with van der Waals surface area (Å²) in [5.74, 6) is 2.76. The van der Waals surface area contributed by atoms with E-state index >= 15 is 0 Å². The third kappa shape index (κ3) is 3.62. The average molecular weight is 335 g/mol. The van der Waals surface area contributed by atoms with Crippen molar-refractivity contribution in [3.8, 4) is 0 Å². The fourth-order valence-corrected chi connectivity index (χ4v) is 4.47. The molecular formula is C22H29N3. The minimum absolute atomic E-state index is 0.421. The van der Waals surface area contributed by atoms with Crippen LogP contribution < -0.4 is 5.73 Å². The Hall–Kier alpha value is -1.74. The van der Waals surface area contributed by atoms with Crippen LogP contribution in [0.15, 0.2) is 30.3 Å². The van der Waals surface area contributed by atoms with Crippen LogP contribution in [-0.2, 0) is 6.42 Å². The van der Waals surface area contributed by atoms with Crippen molar-refractivity contribution < 1.29 is 0 Å². The molecule has 25 heavy (non-hydrogen) atoms. The van der Waals surface area contributed by atoms with Crippen molar-refractivity contribution in [1.29, 1.82) is 0 Å². The smallest absolute Gasteiger partial charge is 0.125 e. The normalized spacial score (nSPS) is 21.0. The van der Waals surface area contributed by atoms with E-state index in [-0.39, 0.29) is 0 Å². The van der Waals surface area contributed by atoms with Crippen LogP contribution in [-0.4, -0.2) is 16.5 Å². The minimum atomic E-state index is 0.421. The van der Waals surface area contributed by atoms with Gasteiger partial charge in [0.2, 0.25) is 0 Å². The van der Waals surface area contributed by atoms with Gasteiger partial charge in [0.05, 0.1) is 11.4 Å². The molecule has 2 atom stereocenters. The zero-order valence-electron chi connectivity index (χ0n) is 15.2. The SMILES string of the molecule is Cc1nc(C(CCN)CC2CC2)c2c(n1)C(c1ccccc1)CCC2. The van der Waals surface area contributed by atoms with E-state index in [4.69, 9.17) is 15.7 Å². The Bertz CT molecular complexity index is 722. The molecule has 2 unspecified atom stereocenters. The van der Waals surface area contributed by atoms with Gasteiger partial charge < -0.3 is 5.73 Å². The first-order valence-electron chi connectivity index (χ1n) is 9.88. The highest BCUT2D eigenvalue weighted by Crippen LogP contribution is 2.43. The third-order valence-corrected chi connectivity index (χ3v) is 5.85. The fraction of sp³-hybridized carbons (Fsp3) is 0.545. The van der Waals surface area contributed by atoms with Gasteiger partial charge in [-0.3, -0.25) is 0 Å². The topological polar surface area (TPSA) is 51.8 Å². The Morgan fingerprint density at radius 1 is 1.12 bits per heavy atom. The zero-order valence-corrected chi connectivity index (χ0v) is 15.2. The van der Waals surface area contributed by atoms with Gasteiger partial charge >= 0.3 is 0 Å². The predicted octanol–water partition coefficient (Wildman–Crippen LogP) is 4.49. The van der Waals surface area contributed by atoms with Crippen LogP contribution in [0.5, 0.6) is 0 Å². The molecule has 2 aliphatic carbocycles. The van der Waals surface area contributed by atoms with Crippen LogP contribution in [0.3, 0.4) is 0 Å². The summed E-state index contributed by atoms with van der Waals surface area (Å²) in [6.45, 7) is 2.80. The number of nitrogens with two attached hydrogens (primary N) is 1. The lowest BCUT2D eigenvalue weighted by molar-refractivity contribution is 0.510. The van der Waals surface area contributed by atoms with Crippen LogP contribution in [0.2, 0.25) is 0 Å². The van der Waals surface area contributed by atoms with E-state index in [2.05, 4.69) is 37.3 Å². The van der Waals surface area contributed by atoms with Crippen molar-refractivity contribution in [2.45, 2.75) is 63.7 Å². The predicted molar refractivity (Wildman–Crippen MR) is 102 cm³/mol. The van der Waals surface area contributed by atoms with Crippen LogP contribution in [0, 0.1) is 12.8 Å². The van der Waals surface area contributed by atoms with Crippen LogP contribution in [0.25, 0.3) is 0 Å². The largest absolute Gasteiger partial charge is 0.330 e. The Kier molecular flexibility index (Phi) is 4.85. The Morgan fingerprint density at radius 3 is 2.64 bits per heavy atom. The van der Waals surface area contributed by atoms with E-state index in [9.17, 15) is 0 Å². The monoisotopic (exact) mass is 335 g/mol. The first kappa shape index (κ1) is 16.7. The number of benzene rings is 1. The number of aryl methyl sites for hydroxylation is 1. The maximum Gasteiger partial charge on any atom is 0.125 e. The van der Waals surface area contributed by atoms with Crippen LogP contribution >= 0.6 is 0 Å². The molecule has 0 aliphatic heterocycles. The lowest BCUT2D eigenvalue weighted by atomic mass is 9.79. The molecule has 1 saturated carbocycles. The highest BCUT2D eigenvalue weighted by molar-refractivity contribution is 5.39. The summed E-state index contributed by atoms with van der Waals surface area (Å²) in [4.78, 5) is 9.87. The van der Waals surface area contributed by atoms with Gasteiger partial charge in [0, 0.05) is 11.8 Å². The second-order valence-electron chi connectivity index (χ2n) is 7.83. The van der Waals surface area contributed by atoms with Gasteiger partial charge in [-0.25, -0.2) is 9.97 Å². The third-order valence-electron chi connectivity index (χ3n) is 5.85. The first-order valence-corrected chi connectivity index (χ1v) is 9.88. The first-order chi connectivity index (χ1) is 12.3. The van der Waals surface area contributed by atoms with E-state index in [0.717, 1.165) is 31.1 Å². The van der Waals surface area contributed by atoms with Crippen molar-refractivity contribution in [1.82, 2.24) is 9.97 Å². The number of hydrogen-bond donors (Lipinski definition) is 1. The van der Waals surface area contributed by atoms with Crippen molar-refractivity contribution >= 4 is 0 Å². The van der Waals surface area contributed by atoms with Gasteiger partial charge in [-0.15, -0.1) is 0 Å². The summed E-state index contributed by atoms with van der Waals surface area (Å²) in [6, 6.07) is 10.9. The molecule has 0 radical (unpaired) electrons. The molecule has 2 aliphatic rings. The summed E-state index contributed by atoms with van der Waals surface area (Å²) >= 11 is 0. The van der Waals surface area contributed by atoms with Crippen molar-refractivity contribution in [3.63, 3.8) is 0 Å². The molecule has 3 nitrogen and oxygen atoms in total. The Labute approximate surface area is 151 Å². The number of hydrogen-bond acceptors (Lipinski definition) is 3. The van der Waals surface area contributed by atoms with E-state index in [1.165, 1.54) is 54.6 Å². The molecule has 0 saturated heterocycles. The molecule has 1 heterocycles. The quantitative estimate of drug-likeness (QED) is 0.846. The van der Waals surface area contributed by atoms with Gasteiger partial charge in [-0.2, -0.15) is 0 Å². The fourth-order valence-electron chi connectivity index (χ4n) is 4.47. The molecule has 0 bridgehead atoms. The van der Waals surface area contributed by atoms with Crippen molar-refractivity contribution in [2.24, 2.45) is 11.7 Å². The molecule has 2 aromatic rings. The molecule has 1 fully saturated rings. The molecule has 0 amide bonds. The summed E-state index contributed by atoms with van der Waals surface area (Å²) < 4.78 is 0. The maximum atomic E-state index is 5.95. The van der Waals surface area contributed by atoms with Gasteiger partial charge in [0.1, 0.15) is 5.82 Å². The van der Waals surface area contributed by atoms with Crippen molar-refractivity contribution in [3.05, 3.63) is 58.7 Å². The molecule has 132 valence electrons. The van der Waals surface area contributed by atoms with E-state index in [0.29, 0.717) is 11.8 Å². The number of nitrogens with zero attached hydrogens (tertiary/aromatic N) is 2. The Balaban J connectivity index is 1.75. The molecule has 0 spiro atoms. The lowest BCUT2D eigenvalue weighted by Gasteiger charge is -2.29. The van der Waals surface area contributed by atoms with Crippen LogP contribution in [0.4, 0.5) is 0 Å². The molecule has 3 heteroatoms.